The topological polar surface area (TPSA) is 15.6 Å². The summed E-state index contributed by atoms with van der Waals surface area (Å²) in [7, 11) is 4.01. The molecule has 0 saturated heterocycles. The average molecular weight is 188 g/mol. The van der Waals surface area contributed by atoms with Crippen LogP contribution in [0, 0.1) is 0 Å². The van der Waals surface area contributed by atoms with Crippen molar-refractivity contribution < 1.29 is 0 Å². The number of benzene rings is 1. The molecule has 1 aromatic carbocycles. The van der Waals surface area contributed by atoms with E-state index < -0.39 is 0 Å². The predicted octanol–water partition coefficient (Wildman–Crippen LogP) is 2.13. The molecular weight excluding hydrogens is 172 g/mol. The van der Waals surface area contributed by atoms with Crippen LogP contribution in [0.4, 0.5) is 0 Å². The lowest BCUT2D eigenvalue weighted by atomic mass is 10.1. The zero-order valence-electron chi connectivity index (χ0n) is 8.72. The monoisotopic (exact) mass is 188 g/mol. The van der Waals surface area contributed by atoms with Gasteiger partial charge in [0.2, 0.25) is 0 Å². The van der Waals surface area contributed by atoms with E-state index in [9.17, 15) is 0 Å². The fourth-order valence-electron chi connectivity index (χ4n) is 1.62. The molecule has 0 heterocycles. The highest BCUT2D eigenvalue weighted by molar-refractivity contribution is 5.55. The van der Waals surface area contributed by atoms with Crippen LogP contribution in [0.5, 0.6) is 0 Å². The Bertz CT molecular complexity index is 316. The Morgan fingerprint density at radius 3 is 2.64 bits per heavy atom. The first kappa shape index (κ1) is 9.25. The molecular formula is C12H16N2. The first-order chi connectivity index (χ1) is 6.77. The summed E-state index contributed by atoms with van der Waals surface area (Å²) >= 11 is 0. The smallest absolute Gasteiger partial charge is 0.0848 e. The van der Waals surface area contributed by atoms with Gasteiger partial charge < -0.3 is 4.90 Å². The summed E-state index contributed by atoms with van der Waals surface area (Å²) in [6.07, 6.45) is 3.11. The minimum absolute atomic E-state index is 0.514. The Labute approximate surface area is 85.3 Å². The number of hydrogen-bond acceptors (Lipinski definition) is 1. The van der Waals surface area contributed by atoms with Gasteiger partial charge in [0.1, 0.15) is 0 Å². The lowest BCUT2D eigenvalue weighted by Gasteiger charge is -2.01. The highest BCUT2D eigenvalue weighted by atomic mass is 15.1. The lowest BCUT2D eigenvalue weighted by Crippen LogP contribution is -2.08. The van der Waals surface area contributed by atoms with Gasteiger partial charge in [-0.05, 0) is 12.0 Å². The molecule has 1 aliphatic carbocycles. The van der Waals surface area contributed by atoms with Gasteiger partial charge in [-0.1, -0.05) is 30.3 Å². The summed E-state index contributed by atoms with van der Waals surface area (Å²) in [4.78, 5) is 6.48. The van der Waals surface area contributed by atoms with Crippen LogP contribution in [0.15, 0.2) is 35.3 Å². The van der Waals surface area contributed by atoms with Crippen LogP contribution in [0.1, 0.15) is 17.9 Å². The normalized spacial score (nSPS) is 25.3. The van der Waals surface area contributed by atoms with Crippen LogP contribution < -0.4 is 0 Å². The fourth-order valence-corrected chi connectivity index (χ4v) is 1.62. The van der Waals surface area contributed by atoms with Crippen molar-refractivity contribution in [2.24, 2.45) is 4.99 Å². The van der Waals surface area contributed by atoms with Crippen LogP contribution in [0.3, 0.4) is 0 Å². The lowest BCUT2D eigenvalue weighted by molar-refractivity contribution is 0.638. The van der Waals surface area contributed by atoms with Crippen molar-refractivity contribution in [1.29, 1.82) is 0 Å². The summed E-state index contributed by atoms with van der Waals surface area (Å²) in [5, 5.41) is 0. The van der Waals surface area contributed by atoms with Crippen molar-refractivity contribution in [1.82, 2.24) is 4.90 Å². The Kier molecular flexibility index (Phi) is 2.53. The summed E-state index contributed by atoms with van der Waals surface area (Å²) < 4.78 is 0. The van der Waals surface area contributed by atoms with Gasteiger partial charge in [0.15, 0.2) is 0 Å². The molecule has 1 fully saturated rings. The largest absolute Gasteiger partial charge is 0.369 e. The number of hydrogen-bond donors (Lipinski definition) is 0. The molecule has 0 bridgehead atoms. The molecule has 0 aromatic heterocycles. The summed E-state index contributed by atoms with van der Waals surface area (Å²) in [5.74, 6) is 0.660. The minimum atomic E-state index is 0.514. The van der Waals surface area contributed by atoms with Gasteiger partial charge in [-0.2, -0.15) is 0 Å². The van der Waals surface area contributed by atoms with E-state index in [1.165, 1.54) is 12.0 Å². The highest BCUT2D eigenvalue weighted by Crippen LogP contribution is 2.43. The first-order valence-corrected chi connectivity index (χ1v) is 5.02. The molecule has 0 aliphatic heterocycles. The zero-order chi connectivity index (χ0) is 9.97. The molecule has 0 unspecified atom stereocenters. The van der Waals surface area contributed by atoms with Crippen molar-refractivity contribution in [3.05, 3.63) is 35.9 Å². The SMILES string of the molecule is CN(C)C=N[C@@H]1C[C@H]1c1ccccc1. The van der Waals surface area contributed by atoms with Crippen LogP contribution in [0.25, 0.3) is 0 Å². The Morgan fingerprint density at radius 1 is 1.29 bits per heavy atom. The molecule has 0 radical (unpaired) electrons. The number of rotatable bonds is 3. The molecule has 74 valence electrons. The molecule has 0 spiro atoms. The van der Waals surface area contributed by atoms with Gasteiger partial charge in [-0.3, -0.25) is 4.99 Å². The average Bonchev–Trinajstić information content (AvgIpc) is 2.95. The molecule has 2 nitrogen and oxygen atoms in total. The van der Waals surface area contributed by atoms with Crippen LogP contribution in [0.2, 0.25) is 0 Å². The van der Waals surface area contributed by atoms with E-state index >= 15 is 0 Å². The molecule has 0 N–H and O–H groups in total. The van der Waals surface area contributed by atoms with E-state index in [2.05, 4.69) is 35.3 Å². The molecule has 14 heavy (non-hydrogen) atoms. The van der Waals surface area contributed by atoms with Crippen molar-refractivity contribution in [3.63, 3.8) is 0 Å². The molecule has 1 aliphatic rings. The first-order valence-electron chi connectivity index (χ1n) is 5.02. The maximum atomic E-state index is 4.49. The third-order valence-electron chi connectivity index (χ3n) is 2.47. The predicted molar refractivity (Wildman–Crippen MR) is 59.8 cm³/mol. The maximum Gasteiger partial charge on any atom is 0.0848 e. The van der Waals surface area contributed by atoms with Gasteiger partial charge in [0, 0.05) is 20.0 Å². The fraction of sp³-hybridized carbons (Fsp3) is 0.417. The zero-order valence-corrected chi connectivity index (χ0v) is 8.72. The second-order valence-corrected chi connectivity index (χ2v) is 4.05. The number of aliphatic imine (C=N–C) groups is 1. The summed E-state index contributed by atoms with van der Waals surface area (Å²) in [6.45, 7) is 0. The number of nitrogens with zero attached hydrogens (tertiary/aromatic N) is 2. The van der Waals surface area contributed by atoms with E-state index in [0.29, 0.717) is 12.0 Å². The highest BCUT2D eigenvalue weighted by Gasteiger charge is 2.37. The van der Waals surface area contributed by atoms with E-state index in [1.54, 1.807) is 0 Å². The third kappa shape index (κ3) is 2.13. The van der Waals surface area contributed by atoms with E-state index in [-0.39, 0.29) is 0 Å². The minimum Gasteiger partial charge on any atom is -0.369 e. The van der Waals surface area contributed by atoms with Crippen molar-refractivity contribution in [3.8, 4) is 0 Å². The molecule has 2 atom stereocenters. The van der Waals surface area contributed by atoms with Crippen molar-refractivity contribution in [2.45, 2.75) is 18.4 Å². The van der Waals surface area contributed by atoms with Crippen LogP contribution in [-0.4, -0.2) is 31.4 Å². The van der Waals surface area contributed by atoms with Gasteiger partial charge in [-0.15, -0.1) is 0 Å². The molecule has 2 heteroatoms. The van der Waals surface area contributed by atoms with Gasteiger partial charge in [-0.25, -0.2) is 0 Å². The maximum absolute atomic E-state index is 4.49. The molecule has 0 amide bonds. The second-order valence-electron chi connectivity index (χ2n) is 4.05. The van der Waals surface area contributed by atoms with E-state index in [0.717, 1.165) is 0 Å². The summed E-state index contributed by atoms with van der Waals surface area (Å²) in [5.41, 5.74) is 1.42. The van der Waals surface area contributed by atoms with E-state index in [4.69, 9.17) is 0 Å². The quantitative estimate of drug-likeness (QED) is 0.524. The molecule has 2 rings (SSSR count). The van der Waals surface area contributed by atoms with Gasteiger partial charge in [0.25, 0.3) is 0 Å². The Hall–Kier alpha value is -1.31. The second kappa shape index (κ2) is 3.82. The Balaban J connectivity index is 1.94. The molecule has 1 saturated carbocycles. The standard InChI is InChI=1S/C12H16N2/c1-14(2)9-13-12-8-11(12)10-6-4-3-5-7-10/h3-7,9,11-12H,8H2,1-2H3/t11-,12+/m0/s1. The van der Waals surface area contributed by atoms with E-state index in [1.807, 2.05) is 25.3 Å². The Morgan fingerprint density at radius 2 is 2.00 bits per heavy atom. The van der Waals surface area contributed by atoms with Crippen molar-refractivity contribution >= 4 is 6.34 Å². The molecule has 1 aromatic rings. The third-order valence-corrected chi connectivity index (χ3v) is 2.47. The van der Waals surface area contributed by atoms with Gasteiger partial charge >= 0.3 is 0 Å². The van der Waals surface area contributed by atoms with Gasteiger partial charge in [0.05, 0.1) is 12.4 Å². The van der Waals surface area contributed by atoms with Crippen LogP contribution >= 0.6 is 0 Å². The van der Waals surface area contributed by atoms with Crippen molar-refractivity contribution in [2.75, 3.05) is 14.1 Å². The van der Waals surface area contributed by atoms with Crippen LogP contribution in [-0.2, 0) is 0 Å². The summed E-state index contributed by atoms with van der Waals surface area (Å²) in [6, 6.07) is 11.1.